The molecule has 1 aliphatic heterocycles. The Morgan fingerprint density at radius 3 is 2.52 bits per heavy atom. The third-order valence-corrected chi connectivity index (χ3v) is 5.70. The fourth-order valence-electron chi connectivity index (χ4n) is 4.29. The molecule has 2 atom stereocenters. The van der Waals surface area contributed by atoms with Crippen LogP contribution in [0.4, 0.5) is 0 Å². The van der Waals surface area contributed by atoms with E-state index in [1.165, 1.54) is 24.8 Å². The maximum atomic E-state index is 5.86. The number of fused-ring (bicyclic) bond motifs is 1. The zero-order valence-corrected chi connectivity index (χ0v) is 13.4. The van der Waals surface area contributed by atoms with Gasteiger partial charge < -0.3 is 14.8 Å². The molecule has 1 fully saturated rings. The molecule has 1 heterocycles. The first kappa shape index (κ1) is 14.7. The number of hydrogen-bond acceptors (Lipinski definition) is 3. The molecular formula is C18H27NO2. The minimum atomic E-state index is 0.384. The average molecular weight is 289 g/mol. The number of benzene rings is 1. The van der Waals surface area contributed by atoms with Gasteiger partial charge in [0.1, 0.15) is 0 Å². The number of nitrogens with one attached hydrogen (secondary N) is 1. The van der Waals surface area contributed by atoms with Crippen molar-refractivity contribution in [2.24, 2.45) is 5.41 Å². The SMILES string of the molecule is CCC1(CC)C(NC)CC1c1ccc2c(c1)OCCCO2. The molecule has 3 nitrogen and oxygen atoms in total. The van der Waals surface area contributed by atoms with Gasteiger partial charge in [-0.25, -0.2) is 0 Å². The van der Waals surface area contributed by atoms with Gasteiger partial charge in [0.05, 0.1) is 13.2 Å². The topological polar surface area (TPSA) is 30.5 Å². The van der Waals surface area contributed by atoms with Crippen molar-refractivity contribution in [1.82, 2.24) is 5.32 Å². The fraction of sp³-hybridized carbons (Fsp3) is 0.667. The Kier molecular flexibility index (Phi) is 4.12. The lowest BCUT2D eigenvalue weighted by Gasteiger charge is -2.56. The molecule has 3 heteroatoms. The van der Waals surface area contributed by atoms with Gasteiger partial charge in [-0.1, -0.05) is 19.9 Å². The van der Waals surface area contributed by atoms with Crippen molar-refractivity contribution in [3.63, 3.8) is 0 Å². The lowest BCUT2D eigenvalue weighted by molar-refractivity contribution is 0.0244. The summed E-state index contributed by atoms with van der Waals surface area (Å²) >= 11 is 0. The summed E-state index contributed by atoms with van der Waals surface area (Å²) in [7, 11) is 2.09. The van der Waals surface area contributed by atoms with E-state index in [4.69, 9.17) is 9.47 Å². The van der Waals surface area contributed by atoms with E-state index in [1.54, 1.807) is 0 Å². The van der Waals surface area contributed by atoms with Gasteiger partial charge in [-0.15, -0.1) is 0 Å². The van der Waals surface area contributed by atoms with Crippen LogP contribution in [0.25, 0.3) is 0 Å². The van der Waals surface area contributed by atoms with Gasteiger partial charge in [-0.3, -0.25) is 0 Å². The van der Waals surface area contributed by atoms with Gasteiger partial charge in [-0.05, 0) is 55.3 Å². The number of hydrogen-bond donors (Lipinski definition) is 1. The molecule has 1 saturated carbocycles. The zero-order chi connectivity index (χ0) is 14.9. The molecule has 116 valence electrons. The summed E-state index contributed by atoms with van der Waals surface area (Å²) in [5, 5.41) is 3.51. The van der Waals surface area contributed by atoms with Crippen molar-refractivity contribution < 1.29 is 9.47 Å². The van der Waals surface area contributed by atoms with Crippen molar-refractivity contribution in [3.8, 4) is 11.5 Å². The molecule has 0 radical (unpaired) electrons. The van der Waals surface area contributed by atoms with Crippen LogP contribution in [0.3, 0.4) is 0 Å². The van der Waals surface area contributed by atoms with Gasteiger partial charge in [0, 0.05) is 12.5 Å². The third-order valence-electron chi connectivity index (χ3n) is 5.70. The average Bonchev–Trinajstić information content (AvgIpc) is 2.73. The van der Waals surface area contributed by atoms with Crippen molar-refractivity contribution >= 4 is 0 Å². The quantitative estimate of drug-likeness (QED) is 0.916. The van der Waals surface area contributed by atoms with E-state index in [9.17, 15) is 0 Å². The van der Waals surface area contributed by atoms with Gasteiger partial charge in [-0.2, -0.15) is 0 Å². The Hall–Kier alpha value is -1.22. The lowest BCUT2D eigenvalue weighted by Crippen LogP contribution is -2.57. The zero-order valence-electron chi connectivity index (χ0n) is 13.4. The molecule has 0 saturated heterocycles. The summed E-state index contributed by atoms with van der Waals surface area (Å²) in [6.07, 6.45) is 4.61. The summed E-state index contributed by atoms with van der Waals surface area (Å²) in [5.41, 5.74) is 1.80. The van der Waals surface area contributed by atoms with Crippen molar-refractivity contribution in [2.75, 3.05) is 20.3 Å². The molecule has 2 unspecified atom stereocenters. The van der Waals surface area contributed by atoms with Crippen LogP contribution in [0.2, 0.25) is 0 Å². The molecule has 1 aromatic carbocycles. The van der Waals surface area contributed by atoms with E-state index in [2.05, 4.69) is 44.4 Å². The summed E-state index contributed by atoms with van der Waals surface area (Å²) in [5.74, 6) is 2.46. The highest BCUT2D eigenvalue weighted by Gasteiger charge is 2.52. The van der Waals surface area contributed by atoms with Crippen LogP contribution >= 0.6 is 0 Å². The fourth-order valence-corrected chi connectivity index (χ4v) is 4.29. The molecule has 1 aromatic rings. The van der Waals surface area contributed by atoms with E-state index in [0.29, 0.717) is 17.4 Å². The van der Waals surface area contributed by atoms with E-state index >= 15 is 0 Å². The summed E-state index contributed by atoms with van der Waals surface area (Å²) < 4.78 is 11.6. The monoisotopic (exact) mass is 289 g/mol. The summed E-state index contributed by atoms with van der Waals surface area (Å²) in [6.45, 7) is 6.16. The molecule has 0 amide bonds. The van der Waals surface area contributed by atoms with Crippen molar-refractivity contribution in [3.05, 3.63) is 23.8 Å². The Labute approximate surface area is 128 Å². The Morgan fingerprint density at radius 1 is 1.14 bits per heavy atom. The molecular weight excluding hydrogens is 262 g/mol. The highest BCUT2D eigenvalue weighted by molar-refractivity contribution is 5.45. The lowest BCUT2D eigenvalue weighted by atomic mass is 9.52. The number of rotatable bonds is 4. The van der Waals surface area contributed by atoms with Crippen LogP contribution in [0.1, 0.15) is 51.0 Å². The van der Waals surface area contributed by atoms with Gasteiger partial charge >= 0.3 is 0 Å². The van der Waals surface area contributed by atoms with Crippen molar-refractivity contribution in [1.29, 1.82) is 0 Å². The van der Waals surface area contributed by atoms with Crippen LogP contribution in [0, 0.1) is 5.41 Å². The van der Waals surface area contributed by atoms with Gasteiger partial charge in [0.25, 0.3) is 0 Å². The first-order valence-electron chi connectivity index (χ1n) is 8.32. The molecule has 2 aliphatic rings. The van der Waals surface area contributed by atoms with Crippen LogP contribution in [0.5, 0.6) is 11.5 Å². The van der Waals surface area contributed by atoms with E-state index in [1.807, 2.05) is 0 Å². The predicted octanol–water partition coefficient (Wildman–Crippen LogP) is 3.73. The number of ether oxygens (including phenoxy) is 2. The van der Waals surface area contributed by atoms with Gasteiger partial charge in [0.15, 0.2) is 11.5 Å². The van der Waals surface area contributed by atoms with E-state index in [-0.39, 0.29) is 0 Å². The molecule has 0 bridgehead atoms. The maximum absolute atomic E-state index is 5.86. The molecule has 1 N–H and O–H groups in total. The van der Waals surface area contributed by atoms with Crippen molar-refractivity contribution in [2.45, 2.75) is 51.5 Å². The first-order valence-corrected chi connectivity index (χ1v) is 8.32. The molecule has 0 spiro atoms. The second-order valence-corrected chi connectivity index (χ2v) is 6.33. The maximum Gasteiger partial charge on any atom is 0.161 e. The second kappa shape index (κ2) is 5.88. The molecule has 3 rings (SSSR count). The standard InChI is InChI=1S/C18H27NO2/c1-4-18(5-2)14(12-17(18)19-3)13-7-8-15-16(11-13)21-10-6-9-20-15/h7-8,11,14,17,19H,4-6,9-10,12H2,1-3H3. The Bertz CT molecular complexity index is 496. The minimum Gasteiger partial charge on any atom is -0.490 e. The summed E-state index contributed by atoms with van der Waals surface area (Å²) in [6, 6.07) is 7.19. The molecule has 0 aromatic heterocycles. The highest BCUT2D eigenvalue weighted by Crippen LogP contribution is 2.57. The largest absolute Gasteiger partial charge is 0.490 e. The summed E-state index contributed by atoms with van der Waals surface area (Å²) in [4.78, 5) is 0. The van der Waals surface area contributed by atoms with E-state index in [0.717, 1.165) is 31.1 Å². The first-order chi connectivity index (χ1) is 10.2. The smallest absolute Gasteiger partial charge is 0.161 e. The second-order valence-electron chi connectivity index (χ2n) is 6.33. The normalized spacial score (nSPS) is 26.8. The molecule has 21 heavy (non-hydrogen) atoms. The predicted molar refractivity (Wildman–Crippen MR) is 85.3 cm³/mol. The van der Waals surface area contributed by atoms with E-state index < -0.39 is 0 Å². The molecule has 1 aliphatic carbocycles. The van der Waals surface area contributed by atoms with Gasteiger partial charge in [0.2, 0.25) is 0 Å². The van der Waals surface area contributed by atoms with Crippen LogP contribution < -0.4 is 14.8 Å². The van der Waals surface area contributed by atoms with Crippen LogP contribution in [-0.4, -0.2) is 26.3 Å². The minimum absolute atomic E-state index is 0.384. The highest BCUT2D eigenvalue weighted by atomic mass is 16.5. The van der Waals surface area contributed by atoms with Crippen LogP contribution in [0.15, 0.2) is 18.2 Å². The Morgan fingerprint density at radius 2 is 1.86 bits per heavy atom. The van der Waals surface area contributed by atoms with Crippen LogP contribution in [-0.2, 0) is 0 Å². The Balaban J connectivity index is 1.89. The third kappa shape index (κ3) is 2.32.